The third-order valence-corrected chi connectivity index (χ3v) is 2.36. The van der Waals surface area contributed by atoms with Crippen molar-refractivity contribution in [2.75, 3.05) is 6.54 Å². The van der Waals surface area contributed by atoms with Crippen LogP contribution in [0.4, 0.5) is 4.39 Å². The molecule has 0 radical (unpaired) electrons. The number of rotatable bonds is 1. The Labute approximate surface area is 83.8 Å². The first-order chi connectivity index (χ1) is 5.77. The molecule has 1 aliphatic rings. The average molecular weight is 202 g/mol. The van der Waals surface area contributed by atoms with Crippen LogP contribution in [0, 0.1) is 12.7 Å². The maximum Gasteiger partial charge on any atom is 0.128 e. The highest BCUT2D eigenvalue weighted by Gasteiger charge is 2.21. The fraction of sp³-hybridized carbons (Fsp3) is 0.400. The van der Waals surface area contributed by atoms with Gasteiger partial charge in [0.1, 0.15) is 5.82 Å². The van der Waals surface area contributed by atoms with Gasteiger partial charge in [0.05, 0.1) is 0 Å². The van der Waals surface area contributed by atoms with E-state index in [9.17, 15) is 4.39 Å². The summed E-state index contributed by atoms with van der Waals surface area (Å²) < 4.78 is 13.3. The minimum atomic E-state index is -0.0767. The number of halogens is 2. The first-order valence-corrected chi connectivity index (χ1v) is 4.27. The fourth-order valence-electron chi connectivity index (χ4n) is 1.47. The van der Waals surface area contributed by atoms with E-state index in [-0.39, 0.29) is 24.3 Å². The highest BCUT2D eigenvalue weighted by molar-refractivity contribution is 5.85. The summed E-state index contributed by atoms with van der Waals surface area (Å²) in [7, 11) is 0. The number of benzene rings is 1. The Kier molecular flexibility index (Phi) is 3.28. The zero-order chi connectivity index (χ0) is 8.55. The van der Waals surface area contributed by atoms with Gasteiger partial charge in [-0.2, -0.15) is 0 Å². The van der Waals surface area contributed by atoms with Crippen LogP contribution in [0.1, 0.15) is 23.6 Å². The van der Waals surface area contributed by atoms with Crippen LogP contribution in [-0.4, -0.2) is 6.54 Å². The van der Waals surface area contributed by atoms with Gasteiger partial charge in [0.15, 0.2) is 0 Å². The van der Waals surface area contributed by atoms with Crippen molar-refractivity contribution in [2.24, 2.45) is 0 Å². The number of hydrogen-bond donors (Lipinski definition) is 1. The van der Waals surface area contributed by atoms with Crippen LogP contribution in [-0.2, 0) is 0 Å². The first kappa shape index (κ1) is 10.5. The minimum Gasteiger partial charge on any atom is -0.310 e. The van der Waals surface area contributed by atoms with E-state index in [1.807, 2.05) is 19.1 Å². The molecule has 0 bridgehead atoms. The smallest absolute Gasteiger partial charge is 0.128 e. The van der Waals surface area contributed by atoms with E-state index >= 15 is 0 Å². The van der Waals surface area contributed by atoms with Gasteiger partial charge >= 0.3 is 0 Å². The molecule has 13 heavy (non-hydrogen) atoms. The van der Waals surface area contributed by atoms with Gasteiger partial charge in [0.25, 0.3) is 0 Å². The lowest BCUT2D eigenvalue weighted by atomic mass is 9.97. The zero-order valence-corrected chi connectivity index (χ0v) is 8.33. The Bertz CT molecular complexity index is 297. The van der Waals surface area contributed by atoms with Crippen LogP contribution < -0.4 is 5.32 Å². The SMILES string of the molecule is Cc1ccc([C@H]2CCN2)c(F)c1.Cl. The third kappa shape index (κ3) is 2.01. The van der Waals surface area contributed by atoms with E-state index in [1.165, 1.54) is 0 Å². The summed E-state index contributed by atoms with van der Waals surface area (Å²) in [6.07, 6.45) is 1.06. The molecule has 1 atom stereocenters. The summed E-state index contributed by atoms with van der Waals surface area (Å²) >= 11 is 0. The van der Waals surface area contributed by atoms with Crippen molar-refractivity contribution in [3.05, 3.63) is 35.1 Å². The van der Waals surface area contributed by atoms with Crippen LogP contribution in [0.5, 0.6) is 0 Å². The highest BCUT2D eigenvalue weighted by Crippen LogP contribution is 2.25. The van der Waals surface area contributed by atoms with Crippen LogP contribution in [0.25, 0.3) is 0 Å². The molecule has 0 amide bonds. The second kappa shape index (κ2) is 4.07. The van der Waals surface area contributed by atoms with Gasteiger partial charge in [0, 0.05) is 11.6 Å². The molecule has 1 N–H and O–H groups in total. The quantitative estimate of drug-likeness (QED) is 0.737. The standard InChI is InChI=1S/C10H12FN.ClH/c1-7-2-3-8(9(11)6-7)10-4-5-12-10;/h2-3,6,10,12H,4-5H2,1H3;1H/t10-;/m1./s1. The molecule has 1 fully saturated rings. The van der Waals surface area contributed by atoms with Gasteiger partial charge in [-0.1, -0.05) is 12.1 Å². The van der Waals surface area contributed by atoms with Crippen molar-refractivity contribution in [3.63, 3.8) is 0 Å². The monoisotopic (exact) mass is 201 g/mol. The van der Waals surface area contributed by atoms with Crippen LogP contribution in [0.3, 0.4) is 0 Å². The van der Waals surface area contributed by atoms with Crippen molar-refractivity contribution in [3.8, 4) is 0 Å². The average Bonchev–Trinajstić information content (AvgIpc) is 1.91. The highest BCUT2D eigenvalue weighted by atomic mass is 35.5. The lowest BCUT2D eigenvalue weighted by Gasteiger charge is -2.28. The molecule has 0 aromatic heterocycles. The molecule has 0 unspecified atom stereocenters. The van der Waals surface area contributed by atoms with E-state index in [4.69, 9.17) is 0 Å². The number of aryl methyl sites for hydroxylation is 1. The van der Waals surface area contributed by atoms with Crippen LogP contribution in [0.15, 0.2) is 18.2 Å². The van der Waals surface area contributed by atoms with E-state index in [2.05, 4.69) is 5.32 Å². The van der Waals surface area contributed by atoms with E-state index in [0.29, 0.717) is 0 Å². The Morgan fingerprint density at radius 3 is 2.62 bits per heavy atom. The molecule has 0 spiro atoms. The number of hydrogen-bond acceptors (Lipinski definition) is 1. The van der Waals surface area contributed by atoms with Crippen molar-refractivity contribution < 1.29 is 4.39 Å². The summed E-state index contributed by atoms with van der Waals surface area (Å²) in [6, 6.07) is 5.68. The second-order valence-electron chi connectivity index (χ2n) is 3.32. The molecule has 1 heterocycles. The second-order valence-corrected chi connectivity index (χ2v) is 3.32. The molecule has 1 aromatic rings. The zero-order valence-electron chi connectivity index (χ0n) is 7.51. The summed E-state index contributed by atoms with van der Waals surface area (Å²) in [5.74, 6) is -0.0767. The molecule has 1 saturated heterocycles. The Hall–Kier alpha value is -0.600. The lowest BCUT2D eigenvalue weighted by Crippen LogP contribution is -2.35. The van der Waals surface area contributed by atoms with Gasteiger partial charge in [-0.3, -0.25) is 0 Å². The first-order valence-electron chi connectivity index (χ1n) is 4.27. The van der Waals surface area contributed by atoms with Gasteiger partial charge in [-0.25, -0.2) is 4.39 Å². The molecule has 1 aromatic carbocycles. The molecule has 0 aliphatic carbocycles. The minimum absolute atomic E-state index is 0. The van der Waals surface area contributed by atoms with Gasteiger partial charge < -0.3 is 5.32 Å². The van der Waals surface area contributed by atoms with E-state index < -0.39 is 0 Å². The van der Waals surface area contributed by atoms with Crippen molar-refractivity contribution in [1.29, 1.82) is 0 Å². The fourth-order valence-corrected chi connectivity index (χ4v) is 1.47. The van der Waals surface area contributed by atoms with Gasteiger partial charge in [-0.15, -0.1) is 12.4 Å². The lowest BCUT2D eigenvalue weighted by molar-refractivity contribution is 0.370. The Morgan fingerprint density at radius 2 is 2.15 bits per heavy atom. The molecule has 1 aliphatic heterocycles. The molecule has 2 rings (SSSR count). The maximum absolute atomic E-state index is 13.3. The van der Waals surface area contributed by atoms with Crippen LogP contribution >= 0.6 is 12.4 Å². The Morgan fingerprint density at radius 1 is 1.46 bits per heavy atom. The van der Waals surface area contributed by atoms with Gasteiger partial charge in [0.2, 0.25) is 0 Å². The predicted octanol–water partition coefficient (Wildman–Crippen LogP) is 2.59. The Balaban J connectivity index is 0.000000845. The molecule has 3 heteroatoms. The molecular weight excluding hydrogens is 189 g/mol. The summed E-state index contributed by atoms with van der Waals surface area (Å²) in [4.78, 5) is 0. The molecule has 72 valence electrons. The summed E-state index contributed by atoms with van der Waals surface area (Å²) in [5, 5.41) is 3.18. The van der Waals surface area contributed by atoms with E-state index in [1.54, 1.807) is 6.07 Å². The van der Waals surface area contributed by atoms with E-state index in [0.717, 1.165) is 24.1 Å². The van der Waals surface area contributed by atoms with Crippen molar-refractivity contribution >= 4 is 12.4 Å². The van der Waals surface area contributed by atoms with Crippen molar-refractivity contribution in [2.45, 2.75) is 19.4 Å². The van der Waals surface area contributed by atoms with Gasteiger partial charge in [-0.05, 0) is 31.5 Å². The summed E-state index contributed by atoms with van der Waals surface area (Å²) in [5.41, 5.74) is 1.79. The molecular formula is C10H13ClFN. The molecule has 0 saturated carbocycles. The maximum atomic E-state index is 13.3. The normalized spacial score (nSPS) is 20.3. The molecule has 1 nitrogen and oxygen atoms in total. The van der Waals surface area contributed by atoms with Crippen LogP contribution in [0.2, 0.25) is 0 Å². The largest absolute Gasteiger partial charge is 0.310 e. The van der Waals surface area contributed by atoms with Crippen molar-refractivity contribution in [1.82, 2.24) is 5.32 Å². The summed E-state index contributed by atoms with van der Waals surface area (Å²) in [6.45, 7) is 2.92. The topological polar surface area (TPSA) is 12.0 Å². The number of nitrogens with one attached hydrogen (secondary N) is 1. The third-order valence-electron chi connectivity index (χ3n) is 2.36. The predicted molar refractivity (Wildman–Crippen MR) is 53.7 cm³/mol.